The third kappa shape index (κ3) is 4.52. The third-order valence-electron chi connectivity index (χ3n) is 5.33. The van der Waals surface area contributed by atoms with Gasteiger partial charge >= 0.3 is 0 Å². The standard InChI is InChI=1S/C22H30N3O2.ClH/c1-3-5-6-7-8-9-10-13-16-25-20-19(24(4-2)23-25)21(26)17-14-11-12-15-18(17)22(20)27;/h11-12,14-15H,3-10,13,16H2,1-2H3;1H/q+1;/p-1. The number of ketones is 2. The Morgan fingerprint density at radius 2 is 1.43 bits per heavy atom. The maximum Gasteiger partial charge on any atom is 0.249 e. The molecule has 0 amide bonds. The smallest absolute Gasteiger partial charge is 0.249 e. The van der Waals surface area contributed by atoms with Crippen LogP contribution in [0.25, 0.3) is 0 Å². The van der Waals surface area contributed by atoms with Crippen molar-refractivity contribution in [1.82, 2.24) is 9.90 Å². The highest BCUT2D eigenvalue weighted by Crippen LogP contribution is 2.25. The molecule has 0 radical (unpaired) electrons. The van der Waals surface area contributed by atoms with Crippen molar-refractivity contribution in [3.63, 3.8) is 0 Å². The van der Waals surface area contributed by atoms with Gasteiger partial charge in [0.25, 0.3) is 0 Å². The maximum absolute atomic E-state index is 13.0. The van der Waals surface area contributed by atoms with Crippen LogP contribution in [0.5, 0.6) is 0 Å². The highest BCUT2D eigenvalue weighted by atomic mass is 35.5. The minimum Gasteiger partial charge on any atom is -1.00 e. The molecule has 2 aromatic rings. The zero-order valence-corrected chi connectivity index (χ0v) is 17.7. The van der Waals surface area contributed by atoms with E-state index in [0.717, 1.165) is 12.8 Å². The number of halogens is 1. The molecule has 0 saturated heterocycles. The van der Waals surface area contributed by atoms with E-state index in [1.807, 2.05) is 13.0 Å². The second-order valence-electron chi connectivity index (χ2n) is 7.30. The first-order valence-corrected chi connectivity index (χ1v) is 10.4. The number of hydrogen-bond acceptors (Lipinski definition) is 3. The lowest BCUT2D eigenvalue weighted by molar-refractivity contribution is -0.757. The van der Waals surface area contributed by atoms with Crippen molar-refractivity contribution >= 4 is 11.6 Å². The molecular formula is C22H30ClN3O2. The Morgan fingerprint density at radius 3 is 2.04 bits per heavy atom. The van der Waals surface area contributed by atoms with Crippen LogP contribution in [0.3, 0.4) is 0 Å². The summed E-state index contributed by atoms with van der Waals surface area (Å²) in [5.41, 5.74) is 1.89. The summed E-state index contributed by atoms with van der Waals surface area (Å²) in [4.78, 5) is 25.9. The quantitative estimate of drug-likeness (QED) is 0.376. The van der Waals surface area contributed by atoms with E-state index >= 15 is 0 Å². The van der Waals surface area contributed by atoms with E-state index in [0.29, 0.717) is 35.6 Å². The van der Waals surface area contributed by atoms with Crippen LogP contribution in [0.4, 0.5) is 0 Å². The first kappa shape index (κ1) is 22.3. The number of aromatic nitrogens is 3. The van der Waals surface area contributed by atoms with Crippen LogP contribution in [0.15, 0.2) is 24.3 Å². The minimum atomic E-state index is -0.0933. The lowest BCUT2D eigenvalue weighted by Crippen LogP contribution is -3.00. The van der Waals surface area contributed by atoms with Crippen LogP contribution in [-0.4, -0.2) is 21.5 Å². The fourth-order valence-electron chi connectivity index (χ4n) is 3.82. The summed E-state index contributed by atoms with van der Waals surface area (Å²) in [6.45, 7) is 5.45. The number of nitrogens with zero attached hydrogens (tertiary/aromatic N) is 3. The van der Waals surface area contributed by atoms with Gasteiger partial charge in [-0.3, -0.25) is 9.59 Å². The molecule has 3 rings (SSSR count). The van der Waals surface area contributed by atoms with Crippen LogP contribution in [0, 0.1) is 0 Å². The van der Waals surface area contributed by atoms with E-state index in [4.69, 9.17) is 0 Å². The highest BCUT2D eigenvalue weighted by Gasteiger charge is 2.41. The number of rotatable bonds is 10. The zero-order chi connectivity index (χ0) is 19.2. The molecule has 28 heavy (non-hydrogen) atoms. The largest absolute Gasteiger partial charge is 1.00 e. The molecule has 152 valence electrons. The summed E-state index contributed by atoms with van der Waals surface area (Å²) >= 11 is 0. The lowest BCUT2D eigenvalue weighted by atomic mass is 9.90. The third-order valence-corrected chi connectivity index (χ3v) is 5.33. The van der Waals surface area contributed by atoms with E-state index in [2.05, 4.69) is 12.1 Å². The number of carbonyl (C=O) groups excluding carboxylic acids is 2. The summed E-state index contributed by atoms with van der Waals surface area (Å²) in [5.74, 6) is -0.177. The lowest BCUT2D eigenvalue weighted by Gasteiger charge is -2.11. The average Bonchev–Trinajstić information content (AvgIpc) is 3.07. The van der Waals surface area contributed by atoms with Gasteiger partial charge in [-0.1, -0.05) is 69.7 Å². The fraction of sp³-hybridized carbons (Fsp3) is 0.545. The number of aryl methyl sites for hydroxylation is 2. The second-order valence-corrected chi connectivity index (χ2v) is 7.30. The monoisotopic (exact) mass is 403 g/mol. The van der Waals surface area contributed by atoms with Crippen molar-refractivity contribution in [2.24, 2.45) is 0 Å². The zero-order valence-electron chi connectivity index (χ0n) is 16.9. The van der Waals surface area contributed by atoms with Gasteiger partial charge < -0.3 is 12.4 Å². The van der Waals surface area contributed by atoms with E-state index in [-0.39, 0.29) is 24.0 Å². The van der Waals surface area contributed by atoms with Gasteiger partial charge in [0.1, 0.15) is 13.1 Å². The predicted octanol–water partition coefficient (Wildman–Crippen LogP) is 1.11. The molecule has 0 aliphatic heterocycles. The molecule has 0 bridgehead atoms. The Hall–Kier alpha value is -2.01. The van der Waals surface area contributed by atoms with Gasteiger partial charge in [0.05, 0.1) is 5.21 Å². The van der Waals surface area contributed by atoms with Crippen molar-refractivity contribution in [3.05, 3.63) is 46.8 Å². The normalized spacial score (nSPS) is 12.5. The van der Waals surface area contributed by atoms with Crippen LogP contribution < -0.4 is 17.1 Å². The predicted molar refractivity (Wildman–Crippen MR) is 104 cm³/mol. The minimum absolute atomic E-state index is 0. The van der Waals surface area contributed by atoms with Gasteiger partial charge in [-0.15, -0.1) is 9.36 Å². The van der Waals surface area contributed by atoms with Crippen molar-refractivity contribution in [1.29, 1.82) is 0 Å². The summed E-state index contributed by atoms with van der Waals surface area (Å²) in [7, 11) is 0. The van der Waals surface area contributed by atoms with Gasteiger partial charge in [-0.05, 0) is 19.8 Å². The summed E-state index contributed by atoms with van der Waals surface area (Å²) in [6, 6.07) is 7.08. The Kier molecular flexibility index (Phi) is 8.36. The molecule has 5 nitrogen and oxygen atoms in total. The van der Waals surface area contributed by atoms with Crippen LogP contribution in [-0.2, 0) is 13.1 Å². The van der Waals surface area contributed by atoms with Crippen LogP contribution in [0.1, 0.15) is 97.3 Å². The van der Waals surface area contributed by atoms with Gasteiger partial charge in [0, 0.05) is 11.1 Å². The van der Waals surface area contributed by atoms with E-state index in [1.165, 1.54) is 38.5 Å². The van der Waals surface area contributed by atoms with Crippen molar-refractivity contribution in [3.8, 4) is 0 Å². The first-order valence-electron chi connectivity index (χ1n) is 10.4. The van der Waals surface area contributed by atoms with Crippen LogP contribution in [0.2, 0.25) is 0 Å². The Bertz CT molecular complexity index is 829. The molecule has 0 fully saturated rings. The fourth-order valence-corrected chi connectivity index (χ4v) is 3.82. The highest BCUT2D eigenvalue weighted by molar-refractivity contribution is 6.26. The van der Waals surface area contributed by atoms with Gasteiger partial charge in [0.15, 0.2) is 0 Å². The van der Waals surface area contributed by atoms with Gasteiger partial charge in [0.2, 0.25) is 23.0 Å². The summed E-state index contributed by atoms with van der Waals surface area (Å²) in [5, 5.41) is 4.54. The summed E-state index contributed by atoms with van der Waals surface area (Å²) < 4.78 is 3.43. The molecular weight excluding hydrogens is 374 g/mol. The number of hydrogen-bond donors (Lipinski definition) is 0. The molecule has 1 aliphatic carbocycles. The average molecular weight is 404 g/mol. The van der Waals surface area contributed by atoms with E-state index in [1.54, 1.807) is 27.6 Å². The second kappa shape index (κ2) is 10.5. The van der Waals surface area contributed by atoms with Crippen molar-refractivity contribution < 1.29 is 26.7 Å². The van der Waals surface area contributed by atoms with E-state index in [9.17, 15) is 9.59 Å². The molecule has 1 heterocycles. The molecule has 1 aliphatic rings. The summed E-state index contributed by atoms with van der Waals surface area (Å²) in [6.07, 6.45) is 9.85. The molecule has 0 N–H and O–H groups in total. The molecule has 0 atom stereocenters. The van der Waals surface area contributed by atoms with Crippen LogP contribution >= 0.6 is 0 Å². The molecule has 6 heteroatoms. The van der Waals surface area contributed by atoms with E-state index < -0.39 is 0 Å². The van der Waals surface area contributed by atoms with Crippen molar-refractivity contribution in [2.75, 3.05) is 0 Å². The Labute approximate surface area is 173 Å². The van der Waals surface area contributed by atoms with Gasteiger partial charge in [-0.2, -0.15) is 0 Å². The molecule has 1 aromatic carbocycles. The van der Waals surface area contributed by atoms with Gasteiger partial charge in [-0.25, -0.2) is 0 Å². The molecule has 1 aromatic heterocycles. The molecule has 0 unspecified atom stereocenters. The molecule has 0 saturated carbocycles. The SMILES string of the molecule is CCCCCCCCCC[n+]1nn(CC)c2c1C(=O)c1ccccc1C2=O.[Cl-]. The first-order chi connectivity index (χ1) is 13.2. The number of unbranched alkanes of at least 4 members (excludes halogenated alkanes) is 7. The number of benzene rings is 1. The maximum atomic E-state index is 13.0. The molecule has 0 spiro atoms. The number of fused-ring (bicyclic) bond motifs is 2. The number of carbonyl (C=O) groups is 2. The van der Waals surface area contributed by atoms with Crippen molar-refractivity contribution in [2.45, 2.75) is 78.3 Å². The Morgan fingerprint density at radius 1 is 0.857 bits per heavy atom. The topological polar surface area (TPSA) is 55.8 Å². The Balaban J connectivity index is 0.00000280.